The van der Waals surface area contributed by atoms with Crippen LogP contribution in [0.4, 0.5) is 14.9 Å². The smallest absolute Gasteiger partial charge is 0.321 e. The molecule has 6 nitrogen and oxygen atoms in total. The number of thiophene rings is 1. The van der Waals surface area contributed by atoms with Crippen LogP contribution in [0.2, 0.25) is 4.34 Å². The second-order valence-electron chi connectivity index (χ2n) is 6.28. The maximum absolute atomic E-state index is 12.9. The summed E-state index contributed by atoms with van der Waals surface area (Å²) in [5.41, 5.74) is 0.533. The van der Waals surface area contributed by atoms with E-state index in [4.69, 9.17) is 11.6 Å². The van der Waals surface area contributed by atoms with Gasteiger partial charge in [-0.15, -0.1) is 11.3 Å². The van der Waals surface area contributed by atoms with E-state index in [0.717, 1.165) is 11.3 Å². The minimum atomic E-state index is -3.55. The fraction of sp³-hybridized carbons (Fsp3) is 0.353. The lowest BCUT2D eigenvalue weighted by atomic mass is 9.97. The van der Waals surface area contributed by atoms with Crippen molar-refractivity contribution in [3.05, 3.63) is 46.6 Å². The summed E-state index contributed by atoms with van der Waals surface area (Å²) in [6, 6.07) is 8.38. The van der Waals surface area contributed by atoms with Crippen LogP contribution < -0.4 is 10.0 Å². The molecule has 0 atom stereocenters. The quantitative estimate of drug-likeness (QED) is 0.756. The van der Waals surface area contributed by atoms with Crippen molar-refractivity contribution in [1.82, 2.24) is 9.62 Å². The van der Waals surface area contributed by atoms with Gasteiger partial charge in [-0.1, -0.05) is 11.6 Å². The van der Waals surface area contributed by atoms with Gasteiger partial charge in [0.05, 0.1) is 4.34 Å². The molecule has 0 saturated carbocycles. The van der Waals surface area contributed by atoms with Gasteiger partial charge < -0.3 is 10.2 Å². The molecule has 146 valence electrons. The molecule has 2 N–H and O–H groups in total. The van der Waals surface area contributed by atoms with E-state index in [1.54, 1.807) is 11.0 Å². The molecule has 2 amide bonds. The number of hydrogen-bond acceptors (Lipinski definition) is 4. The van der Waals surface area contributed by atoms with Crippen LogP contribution in [-0.4, -0.2) is 39.0 Å². The molecule has 0 spiro atoms. The average Bonchev–Trinajstić information content (AvgIpc) is 3.10. The Hall–Kier alpha value is -1.68. The molecular formula is C17H19ClFN3O3S2. The van der Waals surface area contributed by atoms with E-state index in [1.807, 2.05) is 0 Å². The van der Waals surface area contributed by atoms with Gasteiger partial charge in [0.1, 0.15) is 10.0 Å². The fourth-order valence-electron chi connectivity index (χ4n) is 2.82. The summed E-state index contributed by atoms with van der Waals surface area (Å²) in [7, 11) is -3.55. The Balaban J connectivity index is 1.46. The van der Waals surface area contributed by atoms with Crippen LogP contribution in [0.15, 0.2) is 40.6 Å². The summed E-state index contributed by atoms with van der Waals surface area (Å²) in [5.74, 6) is -0.203. The normalized spacial score (nSPS) is 15.7. The van der Waals surface area contributed by atoms with E-state index in [0.29, 0.717) is 42.5 Å². The third-order valence-corrected chi connectivity index (χ3v) is 7.52. The largest absolute Gasteiger partial charge is 0.325 e. The summed E-state index contributed by atoms with van der Waals surface area (Å²) in [6.45, 7) is 1.39. The Morgan fingerprint density at radius 1 is 1.19 bits per heavy atom. The van der Waals surface area contributed by atoms with E-state index < -0.39 is 10.0 Å². The van der Waals surface area contributed by atoms with Crippen LogP contribution in [0.5, 0.6) is 0 Å². The highest BCUT2D eigenvalue weighted by Gasteiger charge is 2.25. The second-order valence-corrected chi connectivity index (χ2v) is 9.99. The maximum Gasteiger partial charge on any atom is 0.321 e. The molecule has 0 unspecified atom stereocenters. The van der Waals surface area contributed by atoms with Gasteiger partial charge >= 0.3 is 6.03 Å². The maximum atomic E-state index is 12.9. The fourth-order valence-corrected chi connectivity index (χ4v) is 5.46. The second kappa shape index (κ2) is 8.55. The molecule has 1 saturated heterocycles. The summed E-state index contributed by atoms with van der Waals surface area (Å²) in [4.78, 5) is 13.9. The first-order chi connectivity index (χ1) is 12.8. The van der Waals surface area contributed by atoms with Crippen molar-refractivity contribution in [2.75, 3.05) is 25.0 Å². The van der Waals surface area contributed by atoms with Crippen molar-refractivity contribution in [2.45, 2.75) is 17.1 Å². The third kappa shape index (κ3) is 5.41. The summed E-state index contributed by atoms with van der Waals surface area (Å²) in [6.07, 6.45) is 1.40. The Kier molecular flexibility index (Phi) is 6.36. The standard InChI is InChI=1S/C17H19ClFN3O3S2/c18-15-5-6-16(26-15)27(24,25)20-11-12-7-9-22(10-8-12)17(23)21-14-3-1-13(19)2-4-14/h1-6,12,20H,7-11H2,(H,21,23). The number of piperidine rings is 1. The van der Waals surface area contributed by atoms with Gasteiger partial charge in [-0.2, -0.15) is 0 Å². The van der Waals surface area contributed by atoms with Crippen LogP contribution in [0.25, 0.3) is 0 Å². The first-order valence-corrected chi connectivity index (χ1v) is 11.1. The zero-order valence-corrected chi connectivity index (χ0v) is 16.7. The number of nitrogens with zero attached hydrogens (tertiary/aromatic N) is 1. The van der Waals surface area contributed by atoms with Gasteiger partial charge in [0.25, 0.3) is 0 Å². The Bertz CT molecular complexity index is 894. The van der Waals surface area contributed by atoms with Gasteiger partial charge in [0, 0.05) is 25.3 Å². The van der Waals surface area contributed by atoms with Crippen LogP contribution in [0, 0.1) is 11.7 Å². The number of hydrogen-bond donors (Lipinski definition) is 2. The number of carbonyl (C=O) groups excluding carboxylic acids is 1. The van der Waals surface area contributed by atoms with Gasteiger partial charge in [0.15, 0.2) is 0 Å². The number of urea groups is 1. The topological polar surface area (TPSA) is 78.5 Å². The lowest BCUT2D eigenvalue weighted by molar-refractivity contribution is 0.183. The van der Waals surface area contributed by atoms with Crippen molar-refractivity contribution in [3.8, 4) is 0 Å². The zero-order chi connectivity index (χ0) is 19.4. The van der Waals surface area contributed by atoms with Crippen LogP contribution >= 0.6 is 22.9 Å². The number of anilines is 1. The predicted octanol–water partition coefficient (Wildman–Crippen LogP) is 3.76. The minimum absolute atomic E-state index is 0.157. The van der Waals surface area contributed by atoms with Crippen molar-refractivity contribution in [2.24, 2.45) is 5.92 Å². The van der Waals surface area contributed by atoms with E-state index in [2.05, 4.69) is 10.0 Å². The Morgan fingerprint density at radius 3 is 2.44 bits per heavy atom. The first-order valence-electron chi connectivity index (χ1n) is 8.40. The molecule has 3 rings (SSSR count). The number of rotatable bonds is 5. The van der Waals surface area contributed by atoms with Gasteiger partial charge in [0.2, 0.25) is 10.0 Å². The molecule has 1 aromatic heterocycles. The van der Waals surface area contributed by atoms with Gasteiger partial charge in [-0.3, -0.25) is 0 Å². The summed E-state index contributed by atoms with van der Waals surface area (Å²) >= 11 is 6.81. The number of benzene rings is 1. The lowest BCUT2D eigenvalue weighted by Crippen LogP contribution is -2.43. The zero-order valence-electron chi connectivity index (χ0n) is 14.3. The number of nitrogens with one attached hydrogen (secondary N) is 2. The molecular weight excluding hydrogens is 413 g/mol. The number of amides is 2. The van der Waals surface area contributed by atoms with E-state index in [1.165, 1.54) is 30.3 Å². The molecule has 1 aromatic carbocycles. The van der Waals surface area contributed by atoms with E-state index in [-0.39, 0.29) is 22.0 Å². The molecule has 0 bridgehead atoms. The number of halogens is 2. The van der Waals surface area contributed by atoms with Crippen molar-refractivity contribution in [3.63, 3.8) is 0 Å². The molecule has 27 heavy (non-hydrogen) atoms. The van der Waals surface area contributed by atoms with Crippen molar-refractivity contribution in [1.29, 1.82) is 0 Å². The molecule has 10 heteroatoms. The highest BCUT2D eigenvalue weighted by molar-refractivity contribution is 7.91. The Labute approximate surface area is 166 Å². The van der Waals surface area contributed by atoms with E-state index in [9.17, 15) is 17.6 Å². The molecule has 1 aliphatic heterocycles. The summed E-state index contributed by atoms with van der Waals surface area (Å²) < 4.78 is 40.6. The molecule has 2 aromatic rings. The van der Waals surface area contributed by atoms with Crippen molar-refractivity contribution < 1.29 is 17.6 Å². The van der Waals surface area contributed by atoms with Gasteiger partial charge in [-0.05, 0) is 55.2 Å². The van der Waals surface area contributed by atoms with Crippen molar-refractivity contribution >= 4 is 44.7 Å². The average molecular weight is 432 g/mol. The SMILES string of the molecule is O=C(Nc1ccc(F)cc1)N1CCC(CNS(=O)(=O)c2ccc(Cl)s2)CC1. The van der Waals surface area contributed by atoms with Crippen LogP contribution in [0.1, 0.15) is 12.8 Å². The molecule has 1 aliphatic rings. The molecule has 1 fully saturated rings. The number of sulfonamides is 1. The summed E-state index contributed by atoms with van der Waals surface area (Å²) in [5, 5.41) is 2.73. The number of likely N-dealkylation sites (tertiary alicyclic amines) is 1. The van der Waals surface area contributed by atoms with Crippen LogP contribution in [-0.2, 0) is 10.0 Å². The lowest BCUT2D eigenvalue weighted by Gasteiger charge is -2.32. The third-order valence-electron chi connectivity index (χ3n) is 4.37. The monoisotopic (exact) mass is 431 g/mol. The highest BCUT2D eigenvalue weighted by Crippen LogP contribution is 2.26. The van der Waals surface area contributed by atoms with Gasteiger partial charge in [-0.25, -0.2) is 22.3 Å². The van der Waals surface area contributed by atoms with Crippen LogP contribution in [0.3, 0.4) is 0 Å². The molecule has 0 radical (unpaired) electrons. The molecule has 2 heterocycles. The number of carbonyl (C=O) groups is 1. The predicted molar refractivity (Wildman–Crippen MR) is 104 cm³/mol. The Morgan fingerprint density at radius 2 is 1.85 bits per heavy atom. The minimum Gasteiger partial charge on any atom is -0.325 e. The van der Waals surface area contributed by atoms with E-state index >= 15 is 0 Å². The molecule has 0 aliphatic carbocycles. The highest BCUT2D eigenvalue weighted by atomic mass is 35.5. The first kappa shape index (κ1) is 20.1.